The minimum atomic E-state index is -0.968. The van der Waals surface area contributed by atoms with Gasteiger partial charge < -0.3 is 9.84 Å². The molecular formula is C23H16FN3O3. The van der Waals surface area contributed by atoms with Gasteiger partial charge in [0.15, 0.2) is 11.6 Å². The van der Waals surface area contributed by atoms with E-state index in [1.807, 2.05) is 25.3 Å². The van der Waals surface area contributed by atoms with Gasteiger partial charge in [0.05, 0.1) is 22.5 Å². The second kappa shape index (κ2) is 6.81. The molecule has 0 amide bonds. The topological polar surface area (TPSA) is 77.2 Å². The summed E-state index contributed by atoms with van der Waals surface area (Å²) in [5.74, 6) is -0.746. The number of aromatic nitrogens is 3. The molecule has 0 spiro atoms. The Morgan fingerprint density at radius 1 is 1.20 bits per heavy atom. The zero-order chi connectivity index (χ0) is 20.8. The van der Waals surface area contributed by atoms with Crippen LogP contribution in [0.25, 0.3) is 22.6 Å². The zero-order valence-corrected chi connectivity index (χ0v) is 16.0. The molecular weight excluding hydrogens is 385 g/mol. The van der Waals surface area contributed by atoms with E-state index in [4.69, 9.17) is 4.74 Å². The quantitative estimate of drug-likeness (QED) is 0.537. The van der Waals surface area contributed by atoms with Gasteiger partial charge in [-0.25, -0.2) is 9.18 Å². The summed E-state index contributed by atoms with van der Waals surface area (Å²) in [5.41, 5.74) is 4.09. The van der Waals surface area contributed by atoms with Crippen molar-refractivity contribution in [3.05, 3.63) is 83.1 Å². The first kappa shape index (κ1) is 18.1. The number of para-hydroxylation sites is 1. The van der Waals surface area contributed by atoms with Crippen molar-refractivity contribution in [2.75, 3.05) is 0 Å². The van der Waals surface area contributed by atoms with Crippen molar-refractivity contribution in [3.8, 4) is 11.5 Å². The molecule has 7 heteroatoms. The van der Waals surface area contributed by atoms with Gasteiger partial charge in [-0.15, -0.1) is 0 Å². The Morgan fingerprint density at radius 3 is 2.83 bits per heavy atom. The summed E-state index contributed by atoms with van der Waals surface area (Å²) >= 11 is 0. The van der Waals surface area contributed by atoms with Gasteiger partial charge in [-0.1, -0.05) is 12.1 Å². The molecule has 6 nitrogen and oxygen atoms in total. The van der Waals surface area contributed by atoms with Crippen LogP contribution in [-0.2, 0) is 13.5 Å². The van der Waals surface area contributed by atoms with Crippen molar-refractivity contribution >= 4 is 28.5 Å². The molecule has 2 aromatic carbocycles. The molecule has 0 unspecified atom stereocenters. The molecule has 1 aliphatic rings. The molecule has 5 rings (SSSR count). The van der Waals surface area contributed by atoms with E-state index in [0.717, 1.165) is 22.2 Å². The van der Waals surface area contributed by atoms with E-state index in [1.165, 1.54) is 18.3 Å². The zero-order valence-electron chi connectivity index (χ0n) is 16.0. The number of carboxylic acids is 1. The summed E-state index contributed by atoms with van der Waals surface area (Å²) in [7, 11) is 1.82. The molecule has 4 aromatic rings. The summed E-state index contributed by atoms with van der Waals surface area (Å²) in [5, 5.41) is 15.0. The molecule has 0 saturated heterocycles. The van der Waals surface area contributed by atoms with E-state index in [1.54, 1.807) is 28.9 Å². The molecule has 1 aliphatic carbocycles. The van der Waals surface area contributed by atoms with Gasteiger partial charge in [0.2, 0.25) is 0 Å². The van der Waals surface area contributed by atoms with E-state index in [-0.39, 0.29) is 11.3 Å². The first-order valence-electron chi connectivity index (χ1n) is 9.32. The molecule has 0 bridgehead atoms. The number of fused-ring (bicyclic) bond motifs is 2. The Hall–Kier alpha value is -4.00. The number of pyridine rings is 1. The molecule has 148 valence electrons. The fourth-order valence-corrected chi connectivity index (χ4v) is 3.77. The number of hydrogen-bond acceptors (Lipinski definition) is 4. The predicted molar refractivity (Wildman–Crippen MR) is 110 cm³/mol. The first-order valence-corrected chi connectivity index (χ1v) is 9.32. The third-order valence-corrected chi connectivity index (χ3v) is 5.19. The average Bonchev–Trinajstić information content (AvgIpc) is 3.30. The molecule has 0 atom stereocenters. The summed E-state index contributed by atoms with van der Waals surface area (Å²) < 4.78 is 21.3. The Balaban J connectivity index is 1.52. The largest absolute Gasteiger partial charge is 0.478 e. The van der Waals surface area contributed by atoms with Gasteiger partial charge in [0.25, 0.3) is 0 Å². The number of ether oxygens (including phenoxy) is 1. The van der Waals surface area contributed by atoms with Crippen molar-refractivity contribution in [2.24, 2.45) is 7.05 Å². The van der Waals surface area contributed by atoms with E-state index in [9.17, 15) is 14.3 Å². The Labute approximate surface area is 170 Å². The number of carboxylic acid groups (broad SMARTS) is 1. The molecule has 2 aromatic heterocycles. The number of hydrogen-bond donors (Lipinski definition) is 1. The minimum Gasteiger partial charge on any atom is -0.478 e. The first-order chi connectivity index (χ1) is 14.5. The smallest absolute Gasteiger partial charge is 0.336 e. The monoisotopic (exact) mass is 401 g/mol. The summed E-state index contributed by atoms with van der Waals surface area (Å²) in [6.45, 7) is 0. The van der Waals surface area contributed by atoms with Crippen LogP contribution in [0.5, 0.6) is 11.5 Å². The van der Waals surface area contributed by atoms with Crippen molar-refractivity contribution in [3.63, 3.8) is 0 Å². The van der Waals surface area contributed by atoms with Crippen LogP contribution in [0.15, 0.2) is 54.7 Å². The Bertz CT molecular complexity index is 1360. The summed E-state index contributed by atoms with van der Waals surface area (Å²) in [6.07, 6.45) is 3.84. The normalized spacial score (nSPS) is 12.7. The maximum Gasteiger partial charge on any atom is 0.336 e. The average molecular weight is 401 g/mol. The van der Waals surface area contributed by atoms with Crippen molar-refractivity contribution < 1.29 is 19.0 Å². The summed E-state index contributed by atoms with van der Waals surface area (Å²) in [6, 6.07) is 13.2. The van der Waals surface area contributed by atoms with Crippen LogP contribution in [0, 0.1) is 5.82 Å². The Kier molecular flexibility index (Phi) is 4.10. The molecule has 0 fully saturated rings. The maximum absolute atomic E-state index is 13.9. The van der Waals surface area contributed by atoms with Gasteiger partial charge in [0.1, 0.15) is 5.75 Å². The third-order valence-electron chi connectivity index (χ3n) is 5.19. The lowest BCUT2D eigenvalue weighted by Gasteiger charge is -2.07. The van der Waals surface area contributed by atoms with Gasteiger partial charge >= 0.3 is 5.97 Å². The van der Waals surface area contributed by atoms with Crippen LogP contribution in [0.3, 0.4) is 0 Å². The second-order valence-electron chi connectivity index (χ2n) is 7.06. The van der Waals surface area contributed by atoms with Crippen LogP contribution in [0.4, 0.5) is 4.39 Å². The van der Waals surface area contributed by atoms with Crippen LogP contribution in [-0.4, -0.2) is 25.8 Å². The molecule has 30 heavy (non-hydrogen) atoms. The number of rotatable bonds is 4. The fourth-order valence-electron chi connectivity index (χ4n) is 3.77. The van der Waals surface area contributed by atoms with E-state index < -0.39 is 11.8 Å². The van der Waals surface area contributed by atoms with Crippen molar-refractivity contribution in [2.45, 2.75) is 6.42 Å². The molecule has 2 heterocycles. The van der Waals surface area contributed by atoms with Gasteiger partial charge in [-0.2, -0.15) is 5.10 Å². The number of halogens is 1. The molecule has 0 saturated carbocycles. The number of allylic oxidation sites excluding steroid dienone is 1. The van der Waals surface area contributed by atoms with Crippen LogP contribution >= 0.6 is 0 Å². The number of nitrogens with zero attached hydrogens (tertiary/aromatic N) is 3. The number of benzene rings is 2. The lowest BCUT2D eigenvalue weighted by atomic mass is 10.0. The third kappa shape index (κ3) is 2.91. The number of aryl methyl sites for hydroxylation is 1. The molecule has 0 aliphatic heterocycles. The highest BCUT2D eigenvalue weighted by Gasteiger charge is 2.24. The van der Waals surface area contributed by atoms with Gasteiger partial charge in [-0.3, -0.25) is 9.67 Å². The highest BCUT2D eigenvalue weighted by molar-refractivity contribution is 6.00. The van der Waals surface area contributed by atoms with E-state index >= 15 is 0 Å². The lowest BCUT2D eigenvalue weighted by Crippen LogP contribution is -2.03. The standard InChI is InChI=1S/C23H16FN3O3/c1-27-20-12-14(30-21-5-3-2-4-18(21)24)6-7-16(20)22(26-27)13-10-17-15(23(28)29)8-9-25-19(17)11-13/h2-9,11-12H,10H2,1H3,(H,28,29). The van der Waals surface area contributed by atoms with Crippen molar-refractivity contribution in [1.82, 2.24) is 14.8 Å². The van der Waals surface area contributed by atoms with E-state index in [0.29, 0.717) is 23.4 Å². The minimum absolute atomic E-state index is 0.153. The maximum atomic E-state index is 13.9. The van der Waals surface area contributed by atoms with Crippen LogP contribution in [0.1, 0.15) is 27.3 Å². The van der Waals surface area contributed by atoms with Crippen molar-refractivity contribution in [1.29, 1.82) is 0 Å². The molecule has 1 N–H and O–H groups in total. The number of carbonyl (C=O) groups is 1. The molecule has 0 radical (unpaired) electrons. The van der Waals surface area contributed by atoms with Gasteiger partial charge in [0, 0.05) is 31.1 Å². The lowest BCUT2D eigenvalue weighted by molar-refractivity contribution is 0.0695. The van der Waals surface area contributed by atoms with Gasteiger partial charge in [-0.05, 0) is 47.5 Å². The van der Waals surface area contributed by atoms with Crippen LogP contribution in [0.2, 0.25) is 0 Å². The Morgan fingerprint density at radius 2 is 2.03 bits per heavy atom. The SMILES string of the molecule is Cn1nc(C2=Cc3nccc(C(=O)O)c3C2)c2ccc(Oc3ccccc3F)cc21. The fraction of sp³-hybridized carbons (Fsp3) is 0.0870. The highest BCUT2D eigenvalue weighted by Crippen LogP contribution is 2.36. The van der Waals surface area contributed by atoms with Crippen LogP contribution < -0.4 is 4.74 Å². The summed E-state index contributed by atoms with van der Waals surface area (Å²) in [4.78, 5) is 15.8. The van der Waals surface area contributed by atoms with E-state index in [2.05, 4.69) is 10.1 Å². The highest BCUT2D eigenvalue weighted by atomic mass is 19.1. The second-order valence-corrected chi connectivity index (χ2v) is 7.06. The number of aromatic carboxylic acids is 1. The predicted octanol–water partition coefficient (Wildman–Crippen LogP) is 4.69.